The second-order valence-electron chi connectivity index (χ2n) is 4.78. The van der Waals surface area contributed by atoms with Crippen molar-refractivity contribution in [1.29, 1.82) is 0 Å². The number of likely N-dealkylation sites (N-methyl/N-ethyl adjacent to an activating group) is 1. The molecule has 1 heterocycles. The molecule has 20 heavy (non-hydrogen) atoms. The Balaban J connectivity index is 1.88. The molecule has 0 saturated heterocycles. The lowest BCUT2D eigenvalue weighted by atomic mass is 10.2. The summed E-state index contributed by atoms with van der Waals surface area (Å²) in [5.41, 5.74) is 1.93. The van der Waals surface area contributed by atoms with Crippen LogP contribution in [0.2, 0.25) is 0 Å². The number of nitrogens with zero attached hydrogens (tertiary/aromatic N) is 1. The summed E-state index contributed by atoms with van der Waals surface area (Å²) < 4.78 is 6.14. The van der Waals surface area contributed by atoms with Gasteiger partial charge in [0.05, 0.1) is 25.0 Å². The molecule has 2 aromatic rings. The van der Waals surface area contributed by atoms with E-state index in [-0.39, 0.29) is 5.91 Å². The highest BCUT2D eigenvalue weighted by Crippen LogP contribution is 2.23. The molecule has 1 aromatic heterocycles. The van der Waals surface area contributed by atoms with Crippen LogP contribution in [0, 0.1) is 6.92 Å². The fourth-order valence-electron chi connectivity index (χ4n) is 1.88. The lowest BCUT2D eigenvalue weighted by Crippen LogP contribution is -2.29. The summed E-state index contributed by atoms with van der Waals surface area (Å²) in [7, 11) is 1.88. The van der Waals surface area contributed by atoms with E-state index >= 15 is 0 Å². The standard InChI is InChI=1S/C15H17BrN2O2/c1-11-5-6-14(13(16)8-11)17-15(19)10-18(2)9-12-4-3-7-20-12/h3-8H,9-10H2,1-2H3,(H,17,19). The number of amides is 1. The summed E-state index contributed by atoms with van der Waals surface area (Å²) in [6.07, 6.45) is 1.63. The Morgan fingerprint density at radius 2 is 2.20 bits per heavy atom. The van der Waals surface area contributed by atoms with Gasteiger partial charge in [-0.25, -0.2) is 0 Å². The van der Waals surface area contributed by atoms with Gasteiger partial charge in [0.15, 0.2) is 0 Å². The predicted molar refractivity (Wildman–Crippen MR) is 82.6 cm³/mol. The lowest BCUT2D eigenvalue weighted by molar-refractivity contribution is -0.117. The average molecular weight is 337 g/mol. The molecule has 0 aliphatic heterocycles. The molecule has 2 rings (SSSR count). The van der Waals surface area contributed by atoms with Gasteiger partial charge in [0.25, 0.3) is 0 Å². The van der Waals surface area contributed by atoms with Gasteiger partial charge in [-0.1, -0.05) is 6.07 Å². The number of nitrogens with one attached hydrogen (secondary N) is 1. The van der Waals surface area contributed by atoms with Gasteiger partial charge in [-0.2, -0.15) is 0 Å². The summed E-state index contributed by atoms with van der Waals surface area (Å²) in [5.74, 6) is 0.792. The lowest BCUT2D eigenvalue weighted by Gasteiger charge is -2.15. The van der Waals surface area contributed by atoms with Crippen molar-refractivity contribution in [1.82, 2.24) is 4.90 Å². The predicted octanol–water partition coefficient (Wildman–Crippen LogP) is 3.42. The average Bonchev–Trinajstić information content (AvgIpc) is 2.85. The van der Waals surface area contributed by atoms with Crippen LogP contribution in [0.4, 0.5) is 5.69 Å². The normalized spacial score (nSPS) is 10.8. The Morgan fingerprint density at radius 1 is 1.40 bits per heavy atom. The Kier molecular flexibility index (Phi) is 4.98. The Hall–Kier alpha value is -1.59. The molecule has 1 aromatic carbocycles. The van der Waals surface area contributed by atoms with E-state index in [4.69, 9.17) is 4.42 Å². The van der Waals surface area contributed by atoms with Crippen LogP contribution < -0.4 is 5.32 Å². The number of hydrogen-bond donors (Lipinski definition) is 1. The first kappa shape index (κ1) is 14.8. The molecule has 0 spiro atoms. The molecule has 106 valence electrons. The van der Waals surface area contributed by atoms with E-state index < -0.39 is 0 Å². The van der Waals surface area contributed by atoms with E-state index in [9.17, 15) is 4.79 Å². The molecule has 0 saturated carbocycles. The second-order valence-corrected chi connectivity index (χ2v) is 5.64. The molecule has 1 N–H and O–H groups in total. The third kappa shape index (κ3) is 4.21. The number of halogens is 1. The SMILES string of the molecule is Cc1ccc(NC(=O)CN(C)Cc2ccco2)c(Br)c1. The van der Waals surface area contributed by atoms with Crippen LogP contribution in [0.5, 0.6) is 0 Å². The van der Waals surface area contributed by atoms with Crippen molar-refractivity contribution in [3.8, 4) is 0 Å². The van der Waals surface area contributed by atoms with Gasteiger partial charge in [0.2, 0.25) is 5.91 Å². The van der Waals surface area contributed by atoms with Crippen LogP contribution in [-0.4, -0.2) is 24.4 Å². The molecule has 0 aliphatic rings. The first-order valence-electron chi connectivity index (χ1n) is 6.31. The molecular formula is C15H17BrN2O2. The molecule has 1 amide bonds. The summed E-state index contributed by atoms with van der Waals surface area (Å²) in [4.78, 5) is 13.9. The number of benzene rings is 1. The maximum atomic E-state index is 12.0. The summed E-state index contributed by atoms with van der Waals surface area (Å²) in [6.45, 7) is 2.92. The van der Waals surface area contributed by atoms with E-state index in [0.717, 1.165) is 21.5 Å². The monoisotopic (exact) mass is 336 g/mol. The van der Waals surface area contributed by atoms with E-state index in [1.165, 1.54) is 0 Å². The van der Waals surface area contributed by atoms with Gasteiger partial charge in [0, 0.05) is 4.47 Å². The zero-order valence-electron chi connectivity index (χ0n) is 11.5. The number of carbonyl (C=O) groups excluding carboxylic acids is 1. The number of anilines is 1. The van der Waals surface area contributed by atoms with Crippen LogP contribution in [0.15, 0.2) is 45.5 Å². The minimum absolute atomic E-state index is 0.0522. The molecule has 5 heteroatoms. The number of aryl methyl sites for hydroxylation is 1. The largest absolute Gasteiger partial charge is 0.468 e. The third-order valence-electron chi connectivity index (χ3n) is 2.82. The van der Waals surface area contributed by atoms with Crippen molar-refractivity contribution in [3.05, 3.63) is 52.4 Å². The van der Waals surface area contributed by atoms with Crippen molar-refractivity contribution >= 4 is 27.5 Å². The first-order chi connectivity index (χ1) is 9.54. The Labute approximate surface area is 126 Å². The Bertz CT molecular complexity index is 582. The van der Waals surface area contributed by atoms with Crippen molar-refractivity contribution in [3.63, 3.8) is 0 Å². The van der Waals surface area contributed by atoms with Gasteiger partial charge in [-0.3, -0.25) is 9.69 Å². The van der Waals surface area contributed by atoms with Gasteiger partial charge >= 0.3 is 0 Å². The fraction of sp³-hybridized carbons (Fsp3) is 0.267. The molecule has 0 bridgehead atoms. The van der Waals surface area contributed by atoms with Gasteiger partial charge < -0.3 is 9.73 Å². The first-order valence-corrected chi connectivity index (χ1v) is 7.11. The molecule has 0 atom stereocenters. The van der Waals surface area contributed by atoms with Crippen LogP contribution in [0.25, 0.3) is 0 Å². The van der Waals surface area contributed by atoms with Crippen LogP contribution in [-0.2, 0) is 11.3 Å². The van der Waals surface area contributed by atoms with Gasteiger partial charge in [-0.05, 0) is 59.7 Å². The number of rotatable bonds is 5. The van der Waals surface area contributed by atoms with E-state index in [1.54, 1.807) is 6.26 Å². The molecule has 0 aliphatic carbocycles. The van der Waals surface area contributed by atoms with Crippen molar-refractivity contribution in [2.24, 2.45) is 0 Å². The van der Waals surface area contributed by atoms with E-state index in [0.29, 0.717) is 13.1 Å². The van der Waals surface area contributed by atoms with E-state index in [2.05, 4.69) is 21.2 Å². The molecule has 4 nitrogen and oxygen atoms in total. The van der Waals surface area contributed by atoms with Crippen LogP contribution in [0.1, 0.15) is 11.3 Å². The topological polar surface area (TPSA) is 45.5 Å². The second kappa shape index (κ2) is 6.72. The highest BCUT2D eigenvalue weighted by Gasteiger charge is 2.10. The minimum Gasteiger partial charge on any atom is -0.468 e. The quantitative estimate of drug-likeness (QED) is 0.909. The maximum Gasteiger partial charge on any atom is 0.238 e. The summed E-state index contributed by atoms with van der Waals surface area (Å²) >= 11 is 3.45. The highest BCUT2D eigenvalue weighted by molar-refractivity contribution is 9.10. The van der Waals surface area contributed by atoms with Gasteiger partial charge in [-0.15, -0.1) is 0 Å². The van der Waals surface area contributed by atoms with Crippen molar-refractivity contribution in [2.45, 2.75) is 13.5 Å². The summed E-state index contributed by atoms with van der Waals surface area (Å²) in [6, 6.07) is 9.57. The Morgan fingerprint density at radius 3 is 2.85 bits per heavy atom. The minimum atomic E-state index is -0.0522. The maximum absolute atomic E-state index is 12.0. The van der Waals surface area contributed by atoms with Crippen molar-refractivity contribution in [2.75, 3.05) is 18.9 Å². The molecule has 0 fully saturated rings. The number of carbonyl (C=O) groups is 1. The zero-order valence-corrected chi connectivity index (χ0v) is 13.1. The zero-order chi connectivity index (χ0) is 14.5. The molecular weight excluding hydrogens is 320 g/mol. The molecule has 0 radical (unpaired) electrons. The number of hydrogen-bond acceptors (Lipinski definition) is 3. The van der Waals surface area contributed by atoms with Crippen molar-refractivity contribution < 1.29 is 9.21 Å². The van der Waals surface area contributed by atoms with E-state index in [1.807, 2.05) is 49.2 Å². The van der Waals surface area contributed by atoms with Crippen LogP contribution in [0.3, 0.4) is 0 Å². The summed E-state index contributed by atoms with van der Waals surface area (Å²) in [5, 5.41) is 2.89. The molecule has 0 unspecified atom stereocenters. The highest BCUT2D eigenvalue weighted by atomic mass is 79.9. The fourth-order valence-corrected chi connectivity index (χ4v) is 2.47. The van der Waals surface area contributed by atoms with Gasteiger partial charge in [0.1, 0.15) is 5.76 Å². The number of furan rings is 1. The smallest absolute Gasteiger partial charge is 0.238 e. The third-order valence-corrected chi connectivity index (χ3v) is 3.47. The van der Waals surface area contributed by atoms with Crippen LogP contribution >= 0.6 is 15.9 Å².